The lowest BCUT2D eigenvalue weighted by molar-refractivity contribution is 0.0687. The highest BCUT2D eigenvalue weighted by Gasteiger charge is 2.27. The van der Waals surface area contributed by atoms with Crippen molar-refractivity contribution in [1.82, 2.24) is 15.1 Å². The Hall–Kier alpha value is -1.56. The Bertz CT molecular complexity index is 407. The van der Waals surface area contributed by atoms with E-state index in [0.29, 0.717) is 11.4 Å². The molecule has 1 aromatic rings. The predicted octanol–water partition coefficient (Wildman–Crippen LogP) is 0.168. The first-order valence-electron chi connectivity index (χ1n) is 5.37. The average molecular weight is 224 g/mol. The molecule has 0 radical (unpaired) electrons. The number of carbonyl (C=O) groups is 1. The Morgan fingerprint density at radius 1 is 1.56 bits per heavy atom. The Balaban J connectivity index is 2.40. The number of carboxylic acids is 1. The van der Waals surface area contributed by atoms with Gasteiger partial charge in [0.05, 0.1) is 0 Å². The molecule has 0 aliphatic carbocycles. The number of aryl methyl sites for hydroxylation is 1. The summed E-state index contributed by atoms with van der Waals surface area (Å²) in [6.07, 6.45) is 1.83. The summed E-state index contributed by atoms with van der Waals surface area (Å²) in [6, 6.07) is 0. The fourth-order valence-electron chi connectivity index (χ4n) is 2.22. The second kappa shape index (κ2) is 4.13. The first-order chi connectivity index (χ1) is 7.61. The fraction of sp³-hybridized carbons (Fsp3) is 0.600. The Labute approximate surface area is 93.4 Å². The minimum atomic E-state index is -0.999. The maximum Gasteiger partial charge on any atom is 0.356 e. The van der Waals surface area contributed by atoms with E-state index in [1.54, 1.807) is 7.05 Å². The molecule has 4 N–H and O–H groups in total. The maximum atomic E-state index is 11.1. The number of piperidine rings is 1. The van der Waals surface area contributed by atoms with Gasteiger partial charge in [-0.25, -0.2) is 4.79 Å². The van der Waals surface area contributed by atoms with Gasteiger partial charge in [0.2, 0.25) is 0 Å². The topological polar surface area (TPSA) is 93.2 Å². The molecule has 1 aliphatic heterocycles. The summed E-state index contributed by atoms with van der Waals surface area (Å²) in [6.45, 7) is 1.80. The van der Waals surface area contributed by atoms with Crippen LogP contribution in [0.25, 0.3) is 0 Å². The first kappa shape index (κ1) is 10.9. The lowest BCUT2D eigenvalue weighted by Gasteiger charge is -2.22. The van der Waals surface area contributed by atoms with Crippen LogP contribution in [0.4, 0.5) is 5.82 Å². The molecule has 1 fully saturated rings. The van der Waals surface area contributed by atoms with Gasteiger partial charge in [0.1, 0.15) is 5.82 Å². The average Bonchev–Trinajstić information content (AvgIpc) is 2.57. The lowest BCUT2D eigenvalue weighted by atomic mass is 9.90. The third-order valence-electron chi connectivity index (χ3n) is 3.08. The molecule has 0 aromatic carbocycles. The molecule has 0 bridgehead atoms. The third kappa shape index (κ3) is 1.76. The molecule has 6 heteroatoms. The number of carboxylic acid groups (broad SMARTS) is 1. The van der Waals surface area contributed by atoms with Crippen LogP contribution in [-0.4, -0.2) is 33.9 Å². The van der Waals surface area contributed by atoms with E-state index in [0.717, 1.165) is 25.9 Å². The molecule has 6 nitrogen and oxygen atoms in total. The summed E-state index contributed by atoms with van der Waals surface area (Å²) >= 11 is 0. The second-order valence-corrected chi connectivity index (χ2v) is 4.10. The molecule has 0 atom stereocenters. The summed E-state index contributed by atoms with van der Waals surface area (Å²) in [5, 5.41) is 16.3. The van der Waals surface area contributed by atoms with Crippen LogP contribution in [-0.2, 0) is 7.05 Å². The van der Waals surface area contributed by atoms with E-state index in [1.165, 1.54) is 4.68 Å². The molecule has 1 aromatic heterocycles. The van der Waals surface area contributed by atoms with E-state index in [1.807, 2.05) is 0 Å². The molecule has 1 saturated heterocycles. The Morgan fingerprint density at radius 2 is 2.19 bits per heavy atom. The molecule has 0 unspecified atom stereocenters. The summed E-state index contributed by atoms with van der Waals surface area (Å²) in [5.74, 6) is -0.314. The number of hydrogen-bond donors (Lipinski definition) is 3. The summed E-state index contributed by atoms with van der Waals surface area (Å²) in [4.78, 5) is 11.1. The van der Waals surface area contributed by atoms with Crippen molar-refractivity contribution in [3.8, 4) is 0 Å². The molecular weight excluding hydrogens is 208 g/mol. The zero-order chi connectivity index (χ0) is 11.7. The van der Waals surface area contributed by atoms with Crippen LogP contribution in [0.15, 0.2) is 0 Å². The van der Waals surface area contributed by atoms with Gasteiger partial charge in [0.15, 0.2) is 5.69 Å². The van der Waals surface area contributed by atoms with E-state index < -0.39 is 5.97 Å². The van der Waals surface area contributed by atoms with Gasteiger partial charge < -0.3 is 16.2 Å². The summed E-state index contributed by atoms with van der Waals surface area (Å²) in [5.41, 5.74) is 6.70. The number of anilines is 1. The smallest absolute Gasteiger partial charge is 0.356 e. The fourth-order valence-corrected chi connectivity index (χ4v) is 2.22. The van der Waals surface area contributed by atoms with Crippen LogP contribution in [0.3, 0.4) is 0 Å². The number of hydrogen-bond acceptors (Lipinski definition) is 4. The van der Waals surface area contributed by atoms with E-state index in [-0.39, 0.29) is 11.6 Å². The van der Waals surface area contributed by atoms with E-state index in [2.05, 4.69) is 10.4 Å². The van der Waals surface area contributed by atoms with E-state index in [9.17, 15) is 4.79 Å². The zero-order valence-electron chi connectivity index (χ0n) is 9.23. The van der Waals surface area contributed by atoms with Gasteiger partial charge in [0.25, 0.3) is 0 Å². The molecule has 2 rings (SSSR count). The van der Waals surface area contributed by atoms with Crippen LogP contribution >= 0.6 is 0 Å². The quantitative estimate of drug-likeness (QED) is 0.665. The van der Waals surface area contributed by atoms with Crippen molar-refractivity contribution < 1.29 is 9.90 Å². The standard InChI is InChI=1S/C10H16N4O2/c1-14-9(11)7(8(13-14)10(15)16)6-2-4-12-5-3-6/h6,12H,2-5,11H2,1H3,(H,15,16). The Kier molecular flexibility index (Phi) is 2.82. The van der Waals surface area contributed by atoms with Crippen molar-refractivity contribution in [2.24, 2.45) is 7.05 Å². The summed E-state index contributed by atoms with van der Waals surface area (Å²) in [7, 11) is 1.67. The largest absolute Gasteiger partial charge is 0.476 e. The summed E-state index contributed by atoms with van der Waals surface area (Å²) < 4.78 is 1.45. The highest BCUT2D eigenvalue weighted by atomic mass is 16.4. The number of nitrogens with two attached hydrogens (primary N) is 1. The molecule has 16 heavy (non-hydrogen) atoms. The predicted molar refractivity (Wildman–Crippen MR) is 59.4 cm³/mol. The third-order valence-corrected chi connectivity index (χ3v) is 3.08. The number of nitrogens with zero attached hydrogens (tertiary/aromatic N) is 2. The van der Waals surface area contributed by atoms with Crippen molar-refractivity contribution in [1.29, 1.82) is 0 Å². The molecule has 0 amide bonds. The van der Waals surface area contributed by atoms with Crippen molar-refractivity contribution in [2.45, 2.75) is 18.8 Å². The molecule has 2 heterocycles. The number of aromatic carboxylic acids is 1. The SMILES string of the molecule is Cn1nc(C(=O)O)c(C2CCNCC2)c1N. The highest BCUT2D eigenvalue weighted by molar-refractivity contribution is 5.89. The van der Waals surface area contributed by atoms with Gasteiger partial charge in [-0.1, -0.05) is 0 Å². The molecular formula is C10H16N4O2. The molecule has 0 saturated carbocycles. The van der Waals surface area contributed by atoms with Crippen LogP contribution in [0.1, 0.15) is 34.8 Å². The Morgan fingerprint density at radius 3 is 2.75 bits per heavy atom. The van der Waals surface area contributed by atoms with E-state index in [4.69, 9.17) is 10.8 Å². The van der Waals surface area contributed by atoms with Crippen molar-refractivity contribution in [2.75, 3.05) is 18.8 Å². The van der Waals surface area contributed by atoms with Gasteiger partial charge in [0, 0.05) is 12.6 Å². The van der Waals surface area contributed by atoms with E-state index >= 15 is 0 Å². The number of aromatic nitrogens is 2. The van der Waals surface area contributed by atoms with Gasteiger partial charge in [-0.05, 0) is 31.8 Å². The van der Waals surface area contributed by atoms with Gasteiger partial charge in [-0.3, -0.25) is 4.68 Å². The zero-order valence-corrected chi connectivity index (χ0v) is 9.23. The lowest BCUT2D eigenvalue weighted by Crippen LogP contribution is -2.27. The second-order valence-electron chi connectivity index (χ2n) is 4.10. The minimum absolute atomic E-state index is 0.104. The van der Waals surface area contributed by atoms with Crippen molar-refractivity contribution in [3.05, 3.63) is 11.3 Å². The van der Waals surface area contributed by atoms with Crippen LogP contribution in [0.5, 0.6) is 0 Å². The normalized spacial score (nSPS) is 17.6. The first-order valence-corrected chi connectivity index (χ1v) is 5.37. The number of rotatable bonds is 2. The minimum Gasteiger partial charge on any atom is -0.476 e. The number of nitrogens with one attached hydrogen (secondary N) is 1. The molecule has 88 valence electrons. The molecule has 0 spiro atoms. The van der Waals surface area contributed by atoms with Crippen molar-refractivity contribution in [3.63, 3.8) is 0 Å². The molecule has 1 aliphatic rings. The van der Waals surface area contributed by atoms with Crippen LogP contribution in [0, 0.1) is 0 Å². The van der Waals surface area contributed by atoms with Crippen LogP contribution < -0.4 is 11.1 Å². The van der Waals surface area contributed by atoms with Gasteiger partial charge >= 0.3 is 5.97 Å². The van der Waals surface area contributed by atoms with Crippen molar-refractivity contribution >= 4 is 11.8 Å². The maximum absolute atomic E-state index is 11.1. The highest BCUT2D eigenvalue weighted by Crippen LogP contribution is 2.32. The number of nitrogen functional groups attached to an aromatic ring is 1. The van der Waals surface area contributed by atoms with Crippen LogP contribution in [0.2, 0.25) is 0 Å². The van der Waals surface area contributed by atoms with Gasteiger partial charge in [-0.2, -0.15) is 5.10 Å². The monoisotopic (exact) mass is 224 g/mol. The van der Waals surface area contributed by atoms with Gasteiger partial charge in [-0.15, -0.1) is 0 Å².